The quantitative estimate of drug-likeness (QED) is 0.604. The van der Waals surface area contributed by atoms with Crippen LogP contribution >= 0.6 is 12.8 Å². The summed E-state index contributed by atoms with van der Waals surface area (Å²) in [6.07, 6.45) is 0. The van der Waals surface area contributed by atoms with Crippen molar-refractivity contribution in [3.63, 3.8) is 0 Å². The van der Waals surface area contributed by atoms with Gasteiger partial charge in [-0.3, -0.25) is 3.97 Å². The van der Waals surface area contributed by atoms with E-state index in [1.807, 2.05) is 10.0 Å². The Labute approximate surface area is 106 Å². The van der Waals surface area contributed by atoms with E-state index in [1.165, 1.54) is 16.5 Å². The van der Waals surface area contributed by atoms with Gasteiger partial charge in [0, 0.05) is 10.9 Å². The highest BCUT2D eigenvalue weighted by atomic mass is 32.1. The van der Waals surface area contributed by atoms with Crippen LogP contribution in [0.15, 0.2) is 54.6 Å². The Balaban J connectivity index is 2.32. The van der Waals surface area contributed by atoms with Crippen LogP contribution in [0.4, 0.5) is 0 Å². The number of para-hydroxylation sites is 1. The van der Waals surface area contributed by atoms with Crippen LogP contribution in [0.25, 0.3) is 22.2 Å². The van der Waals surface area contributed by atoms with Crippen molar-refractivity contribution in [1.82, 2.24) is 3.97 Å². The van der Waals surface area contributed by atoms with Crippen LogP contribution in [-0.4, -0.2) is 3.97 Å². The molecule has 1 heterocycles. The Kier molecular flexibility index (Phi) is 2.45. The van der Waals surface area contributed by atoms with Gasteiger partial charge in [-0.05, 0) is 24.6 Å². The Morgan fingerprint density at radius 3 is 2.41 bits per heavy atom. The first-order chi connectivity index (χ1) is 8.27. The average Bonchev–Trinajstić information content (AvgIpc) is 2.68. The summed E-state index contributed by atoms with van der Waals surface area (Å²) in [5.41, 5.74) is 4.80. The first kappa shape index (κ1) is 10.5. The summed E-state index contributed by atoms with van der Waals surface area (Å²) in [5, 5.41) is 1.22. The Hall–Kier alpha value is -1.67. The molecule has 1 aromatic heterocycles. The molecule has 2 heteroatoms. The first-order valence-corrected chi connectivity index (χ1v) is 6.03. The number of rotatable bonds is 1. The highest BCUT2D eigenvalue weighted by molar-refractivity contribution is 7.78. The summed E-state index contributed by atoms with van der Waals surface area (Å²) in [5.74, 6) is 0. The maximum atomic E-state index is 4.59. The summed E-state index contributed by atoms with van der Waals surface area (Å²) in [7, 11) is 0. The molecule has 0 aliphatic carbocycles. The van der Waals surface area contributed by atoms with Crippen molar-refractivity contribution < 1.29 is 0 Å². The predicted molar refractivity (Wildman–Crippen MR) is 76.5 cm³/mol. The lowest BCUT2D eigenvalue weighted by molar-refractivity contribution is 1.33. The van der Waals surface area contributed by atoms with Crippen molar-refractivity contribution in [3.05, 3.63) is 60.2 Å². The van der Waals surface area contributed by atoms with Crippen molar-refractivity contribution >= 4 is 23.7 Å². The van der Waals surface area contributed by atoms with Crippen LogP contribution in [-0.2, 0) is 0 Å². The summed E-state index contributed by atoms with van der Waals surface area (Å²) >= 11 is 4.59. The minimum absolute atomic E-state index is 1.15. The zero-order chi connectivity index (χ0) is 11.8. The molecule has 84 valence electrons. The van der Waals surface area contributed by atoms with Crippen LogP contribution in [0.5, 0.6) is 0 Å². The number of benzene rings is 2. The monoisotopic (exact) mass is 239 g/mol. The molecule has 3 aromatic rings. The van der Waals surface area contributed by atoms with Crippen LogP contribution in [0.2, 0.25) is 0 Å². The molecule has 3 rings (SSSR count). The minimum Gasteiger partial charge on any atom is -0.286 e. The number of hydrogen-bond acceptors (Lipinski definition) is 1. The van der Waals surface area contributed by atoms with E-state index in [-0.39, 0.29) is 0 Å². The van der Waals surface area contributed by atoms with Crippen LogP contribution in [0.1, 0.15) is 5.56 Å². The van der Waals surface area contributed by atoms with E-state index in [9.17, 15) is 0 Å². The average molecular weight is 239 g/mol. The van der Waals surface area contributed by atoms with Crippen LogP contribution < -0.4 is 0 Å². The number of thiol groups is 1. The van der Waals surface area contributed by atoms with Crippen molar-refractivity contribution in [2.75, 3.05) is 0 Å². The van der Waals surface area contributed by atoms with E-state index in [0.29, 0.717) is 0 Å². The van der Waals surface area contributed by atoms with Gasteiger partial charge in [-0.25, -0.2) is 0 Å². The fraction of sp³-hybridized carbons (Fsp3) is 0.0667. The number of aromatic nitrogens is 1. The molecule has 0 bridgehead atoms. The lowest BCUT2D eigenvalue weighted by atomic mass is 10.1. The van der Waals surface area contributed by atoms with Gasteiger partial charge in [0.05, 0.1) is 11.2 Å². The Morgan fingerprint density at radius 2 is 1.65 bits per heavy atom. The smallest absolute Gasteiger partial charge is 0.0604 e. The summed E-state index contributed by atoms with van der Waals surface area (Å²) < 4.78 is 1.96. The summed E-state index contributed by atoms with van der Waals surface area (Å²) in [4.78, 5) is 0. The first-order valence-electron chi connectivity index (χ1n) is 5.63. The molecule has 0 spiro atoms. The number of aryl methyl sites for hydroxylation is 1. The molecule has 0 N–H and O–H groups in total. The van der Waals surface area contributed by atoms with Gasteiger partial charge in [0.25, 0.3) is 0 Å². The Bertz CT molecular complexity index is 682. The zero-order valence-corrected chi connectivity index (χ0v) is 10.5. The van der Waals surface area contributed by atoms with Gasteiger partial charge in [-0.2, -0.15) is 0 Å². The number of hydrogen-bond donors (Lipinski definition) is 1. The molecule has 0 fully saturated rings. The van der Waals surface area contributed by atoms with Gasteiger partial charge in [-0.15, -0.1) is 0 Å². The molecule has 0 aliphatic rings. The maximum Gasteiger partial charge on any atom is 0.0604 e. The topological polar surface area (TPSA) is 4.93 Å². The highest BCUT2D eigenvalue weighted by Crippen LogP contribution is 2.30. The van der Waals surface area contributed by atoms with Crippen molar-refractivity contribution in [1.29, 1.82) is 0 Å². The normalized spacial score (nSPS) is 10.9. The molecule has 0 unspecified atom stereocenters. The van der Waals surface area contributed by atoms with E-state index in [1.54, 1.807) is 0 Å². The van der Waals surface area contributed by atoms with Gasteiger partial charge >= 0.3 is 0 Å². The molecule has 17 heavy (non-hydrogen) atoms. The molecule has 0 atom stereocenters. The number of nitrogens with zero attached hydrogens (tertiary/aromatic N) is 1. The van der Waals surface area contributed by atoms with Gasteiger partial charge in [0.1, 0.15) is 0 Å². The molecule has 1 nitrogen and oxygen atoms in total. The van der Waals surface area contributed by atoms with E-state index in [4.69, 9.17) is 0 Å². The third kappa shape index (κ3) is 1.65. The van der Waals surface area contributed by atoms with Crippen LogP contribution in [0.3, 0.4) is 0 Å². The second-order valence-corrected chi connectivity index (χ2v) is 4.62. The third-order valence-electron chi connectivity index (χ3n) is 3.11. The molecule has 0 saturated carbocycles. The molecule has 0 radical (unpaired) electrons. The lowest BCUT2D eigenvalue weighted by Crippen LogP contribution is -1.87. The van der Waals surface area contributed by atoms with E-state index >= 15 is 0 Å². The molecule has 0 saturated heterocycles. The SMILES string of the molecule is Cc1ccccc1-c1cc2ccccc2n1S. The second-order valence-electron chi connectivity index (χ2n) is 4.22. The minimum atomic E-state index is 1.15. The second kappa shape index (κ2) is 3.97. The summed E-state index contributed by atoms with van der Waals surface area (Å²) in [6, 6.07) is 18.9. The van der Waals surface area contributed by atoms with E-state index in [2.05, 4.69) is 68.3 Å². The van der Waals surface area contributed by atoms with Crippen LogP contribution in [0, 0.1) is 6.92 Å². The number of fused-ring (bicyclic) bond motifs is 1. The molecule has 0 aliphatic heterocycles. The highest BCUT2D eigenvalue weighted by Gasteiger charge is 2.09. The third-order valence-corrected chi connectivity index (χ3v) is 3.54. The lowest BCUT2D eigenvalue weighted by Gasteiger charge is -2.06. The van der Waals surface area contributed by atoms with Gasteiger partial charge < -0.3 is 0 Å². The summed E-state index contributed by atoms with van der Waals surface area (Å²) in [6.45, 7) is 2.13. The van der Waals surface area contributed by atoms with Crippen molar-refractivity contribution in [2.45, 2.75) is 6.92 Å². The standard InChI is InChI=1S/C15H13NS/c1-11-6-2-4-8-13(11)15-10-12-7-3-5-9-14(12)16(15)17/h2-10,17H,1H3. The van der Waals surface area contributed by atoms with Gasteiger partial charge in [0.15, 0.2) is 0 Å². The molecular formula is C15H13NS. The fourth-order valence-electron chi connectivity index (χ4n) is 2.19. The van der Waals surface area contributed by atoms with E-state index < -0.39 is 0 Å². The van der Waals surface area contributed by atoms with Gasteiger partial charge in [-0.1, -0.05) is 55.3 Å². The fourth-order valence-corrected chi connectivity index (χ4v) is 2.54. The predicted octanol–water partition coefficient (Wildman–Crippen LogP) is 4.31. The molecular weight excluding hydrogens is 226 g/mol. The van der Waals surface area contributed by atoms with Crippen molar-refractivity contribution in [2.24, 2.45) is 0 Å². The van der Waals surface area contributed by atoms with Gasteiger partial charge in [0.2, 0.25) is 0 Å². The van der Waals surface area contributed by atoms with Crippen molar-refractivity contribution in [3.8, 4) is 11.3 Å². The largest absolute Gasteiger partial charge is 0.286 e. The molecule has 2 aromatic carbocycles. The molecule has 0 amide bonds. The van der Waals surface area contributed by atoms with E-state index in [0.717, 1.165) is 11.2 Å². The zero-order valence-electron chi connectivity index (χ0n) is 9.59. The Morgan fingerprint density at radius 1 is 0.941 bits per heavy atom. The maximum absolute atomic E-state index is 4.59.